The highest BCUT2D eigenvalue weighted by Crippen LogP contribution is 2.26. The van der Waals surface area contributed by atoms with E-state index in [-0.39, 0.29) is 24.0 Å². The highest BCUT2D eigenvalue weighted by Gasteiger charge is 2.24. The Morgan fingerprint density at radius 2 is 1.90 bits per heavy atom. The summed E-state index contributed by atoms with van der Waals surface area (Å²) < 4.78 is 2.02. The van der Waals surface area contributed by atoms with Crippen LogP contribution in [0.4, 0.5) is 0 Å². The lowest BCUT2D eigenvalue weighted by atomic mass is 9.84. The van der Waals surface area contributed by atoms with Gasteiger partial charge in [0.25, 0.3) is 0 Å². The van der Waals surface area contributed by atoms with Gasteiger partial charge in [0.15, 0.2) is 11.8 Å². The molecule has 1 aromatic heterocycles. The normalized spacial score (nSPS) is 25.7. The van der Waals surface area contributed by atoms with Crippen molar-refractivity contribution in [2.24, 2.45) is 18.0 Å². The molecule has 7 nitrogen and oxygen atoms in total. The van der Waals surface area contributed by atoms with Gasteiger partial charge in [0.05, 0.1) is 0 Å². The van der Waals surface area contributed by atoms with Crippen LogP contribution in [0.1, 0.15) is 70.4 Å². The zero-order chi connectivity index (χ0) is 19.9. The average Bonchev–Trinajstić information content (AvgIpc) is 3.31. The van der Waals surface area contributed by atoms with E-state index in [2.05, 4.69) is 39.6 Å². The Bertz CT molecular complexity index is 637. The lowest BCUT2D eigenvalue weighted by molar-refractivity contribution is 0.265. The van der Waals surface area contributed by atoms with Gasteiger partial charge in [-0.2, -0.15) is 0 Å². The number of rotatable bonds is 7. The van der Waals surface area contributed by atoms with Crippen LogP contribution in [0.2, 0.25) is 0 Å². The smallest absolute Gasteiger partial charge is 0.191 e. The molecule has 1 saturated heterocycles. The third-order valence-corrected chi connectivity index (χ3v) is 6.74. The highest BCUT2D eigenvalue weighted by molar-refractivity contribution is 14.0. The zero-order valence-electron chi connectivity index (χ0n) is 18.7. The van der Waals surface area contributed by atoms with E-state index in [1.165, 1.54) is 51.5 Å². The fraction of sp³-hybridized carbons (Fsp3) is 0.857. The van der Waals surface area contributed by atoms with Gasteiger partial charge in [-0.25, -0.2) is 4.99 Å². The average molecular weight is 518 g/mol. The minimum absolute atomic E-state index is 0. The lowest BCUT2D eigenvalue weighted by Gasteiger charge is -2.30. The lowest BCUT2D eigenvalue weighted by Crippen LogP contribution is -2.48. The van der Waals surface area contributed by atoms with Crippen LogP contribution in [0.25, 0.3) is 0 Å². The van der Waals surface area contributed by atoms with E-state index in [0.717, 1.165) is 36.6 Å². The van der Waals surface area contributed by atoms with Gasteiger partial charge >= 0.3 is 0 Å². The van der Waals surface area contributed by atoms with Crippen molar-refractivity contribution in [3.8, 4) is 0 Å². The second kappa shape index (κ2) is 12.1. The van der Waals surface area contributed by atoms with Crippen LogP contribution in [0.3, 0.4) is 0 Å². The third-order valence-electron chi connectivity index (χ3n) is 6.74. The van der Waals surface area contributed by atoms with Crippen LogP contribution < -0.4 is 10.6 Å². The van der Waals surface area contributed by atoms with Crippen molar-refractivity contribution in [1.82, 2.24) is 30.3 Å². The predicted molar refractivity (Wildman–Crippen MR) is 130 cm³/mol. The summed E-state index contributed by atoms with van der Waals surface area (Å²) >= 11 is 0. The second-order valence-corrected chi connectivity index (χ2v) is 8.46. The molecule has 2 aliphatic rings. The molecule has 0 amide bonds. The van der Waals surface area contributed by atoms with Crippen LogP contribution in [0.5, 0.6) is 0 Å². The Labute approximate surface area is 193 Å². The largest absolute Gasteiger partial charge is 0.355 e. The van der Waals surface area contributed by atoms with E-state index in [4.69, 9.17) is 4.99 Å². The van der Waals surface area contributed by atoms with Crippen LogP contribution in [0, 0.1) is 12.8 Å². The van der Waals surface area contributed by atoms with Gasteiger partial charge in [0.1, 0.15) is 12.4 Å². The van der Waals surface area contributed by atoms with E-state index in [9.17, 15) is 0 Å². The summed E-state index contributed by atoms with van der Waals surface area (Å²) in [5.41, 5.74) is 0. The molecule has 1 atom stereocenters. The first kappa shape index (κ1) is 24.4. The molecule has 3 rings (SSSR count). The molecule has 8 heteroatoms. The fourth-order valence-electron chi connectivity index (χ4n) is 4.56. The predicted octanol–water partition coefficient (Wildman–Crippen LogP) is 3.23. The van der Waals surface area contributed by atoms with E-state index in [0.29, 0.717) is 18.6 Å². The van der Waals surface area contributed by atoms with Crippen molar-refractivity contribution in [3.63, 3.8) is 0 Å². The Morgan fingerprint density at radius 1 is 1.14 bits per heavy atom. The number of guanidine groups is 1. The van der Waals surface area contributed by atoms with E-state index >= 15 is 0 Å². The standard InChI is InChI=1S/C21H39N7.HI/c1-5-17-9-11-18(12-10-17)24-21(22-14-19-8-7-13-28(19)6-2)23-15-20-26-25-16(3)27(20)4;/h17-19H,5-15H2,1-4H3,(H2,22,23,24);1H. The molecule has 2 heterocycles. The van der Waals surface area contributed by atoms with Crippen molar-refractivity contribution >= 4 is 29.9 Å². The first-order chi connectivity index (χ1) is 13.6. The number of aliphatic imine (C=N–C) groups is 1. The van der Waals surface area contributed by atoms with Gasteiger partial charge in [0, 0.05) is 25.7 Å². The Kier molecular flexibility index (Phi) is 10.1. The maximum Gasteiger partial charge on any atom is 0.191 e. The van der Waals surface area contributed by atoms with Crippen molar-refractivity contribution < 1.29 is 0 Å². The number of likely N-dealkylation sites (tertiary alicyclic amines) is 1. The Hall–Kier alpha value is -0.900. The fourth-order valence-corrected chi connectivity index (χ4v) is 4.56. The molecule has 2 N–H and O–H groups in total. The number of likely N-dealkylation sites (N-methyl/N-ethyl adjacent to an activating group) is 1. The minimum Gasteiger partial charge on any atom is -0.355 e. The summed E-state index contributed by atoms with van der Waals surface area (Å²) in [6.45, 7) is 10.4. The molecule has 0 bridgehead atoms. The maximum atomic E-state index is 4.87. The number of aromatic nitrogens is 3. The number of hydrogen-bond acceptors (Lipinski definition) is 4. The maximum absolute atomic E-state index is 4.87. The van der Waals surface area contributed by atoms with E-state index < -0.39 is 0 Å². The van der Waals surface area contributed by atoms with Crippen LogP contribution in [-0.2, 0) is 13.6 Å². The number of nitrogens with one attached hydrogen (secondary N) is 2. The third kappa shape index (κ3) is 6.80. The molecule has 0 aromatic carbocycles. The molecular weight excluding hydrogens is 477 g/mol. The van der Waals surface area contributed by atoms with Crippen molar-refractivity contribution in [3.05, 3.63) is 11.6 Å². The molecule has 2 fully saturated rings. The van der Waals surface area contributed by atoms with Gasteiger partial charge in [-0.05, 0) is 64.5 Å². The molecule has 1 aromatic rings. The number of halogens is 1. The zero-order valence-corrected chi connectivity index (χ0v) is 21.0. The monoisotopic (exact) mass is 517 g/mol. The topological polar surface area (TPSA) is 70.4 Å². The summed E-state index contributed by atoms with van der Waals surface area (Å²) in [6, 6.07) is 1.14. The molecule has 1 aliphatic carbocycles. The van der Waals surface area contributed by atoms with Gasteiger partial charge in [-0.15, -0.1) is 34.2 Å². The summed E-state index contributed by atoms with van der Waals surface area (Å²) in [6.07, 6.45) is 9.04. The molecule has 1 saturated carbocycles. The number of nitrogens with zero attached hydrogens (tertiary/aromatic N) is 5. The summed E-state index contributed by atoms with van der Waals surface area (Å²) in [5, 5.41) is 15.8. The minimum atomic E-state index is 0. The molecule has 166 valence electrons. The number of aryl methyl sites for hydroxylation is 1. The van der Waals surface area contributed by atoms with Crippen molar-refractivity contribution in [1.29, 1.82) is 0 Å². The first-order valence-electron chi connectivity index (χ1n) is 11.2. The Balaban J connectivity index is 0.00000300. The molecule has 1 unspecified atom stereocenters. The van der Waals surface area contributed by atoms with Crippen LogP contribution in [0.15, 0.2) is 4.99 Å². The summed E-state index contributed by atoms with van der Waals surface area (Å²) in [5.74, 6) is 3.67. The molecular formula is C21H40IN7. The SMILES string of the molecule is CCC1CCC(NC(=NCc2nnc(C)n2C)NCC2CCCN2CC)CC1.I. The second-order valence-electron chi connectivity index (χ2n) is 8.46. The first-order valence-corrected chi connectivity index (χ1v) is 11.2. The van der Waals surface area contributed by atoms with Gasteiger partial charge in [0.2, 0.25) is 0 Å². The van der Waals surface area contributed by atoms with Crippen LogP contribution in [-0.4, -0.2) is 57.3 Å². The van der Waals surface area contributed by atoms with Gasteiger partial charge < -0.3 is 15.2 Å². The quantitative estimate of drug-likeness (QED) is 0.330. The molecule has 29 heavy (non-hydrogen) atoms. The molecule has 0 spiro atoms. The van der Waals surface area contributed by atoms with E-state index in [1.807, 2.05) is 18.5 Å². The van der Waals surface area contributed by atoms with Crippen molar-refractivity contribution in [2.75, 3.05) is 19.6 Å². The summed E-state index contributed by atoms with van der Waals surface area (Å²) in [7, 11) is 2.00. The van der Waals surface area contributed by atoms with Gasteiger partial charge in [-0.1, -0.05) is 20.3 Å². The molecule has 0 radical (unpaired) electrons. The van der Waals surface area contributed by atoms with E-state index in [1.54, 1.807) is 0 Å². The summed E-state index contributed by atoms with van der Waals surface area (Å²) in [4.78, 5) is 7.44. The highest BCUT2D eigenvalue weighted by atomic mass is 127. The molecule has 1 aliphatic heterocycles. The number of hydrogen-bond donors (Lipinski definition) is 2. The van der Waals surface area contributed by atoms with Crippen molar-refractivity contribution in [2.45, 2.75) is 84.3 Å². The Morgan fingerprint density at radius 3 is 2.52 bits per heavy atom. The van der Waals surface area contributed by atoms with Gasteiger partial charge in [-0.3, -0.25) is 4.90 Å². The van der Waals surface area contributed by atoms with Crippen LogP contribution >= 0.6 is 24.0 Å².